The molecule has 0 spiro atoms. The predicted molar refractivity (Wildman–Crippen MR) is 102 cm³/mol. The summed E-state index contributed by atoms with van der Waals surface area (Å²) in [5.74, 6) is 0.173. The molecule has 0 aromatic heterocycles. The molecule has 1 aromatic carbocycles. The van der Waals surface area contributed by atoms with E-state index in [9.17, 15) is 9.59 Å². The Kier molecular flexibility index (Phi) is 7.10. The zero-order valence-corrected chi connectivity index (χ0v) is 16.3. The second-order valence-electron chi connectivity index (χ2n) is 6.71. The Morgan fingerprint density at radius 3 is 2.67 bits per heavy atom. The minimum absolute atomic E-state index is 0.267. The molecule has 1 heterocycles. The molecule has 2 rings (SSSR count). The van der Waals surface area contributed by atoms with Gasteiger partial charge < -0.3 is 24.8 Å². The summed E-state index contributed by atoms with van der Waals surface area (Å²) in [7, 11) is 3.08. The maximum absolute atomic E-state index is 12.8. The number of carbonyl (C=O) groups excluding carboxylic acids is 2. The molecule has 0 aliphatic carbocycles. The molecule has 1 aliphatic rings. The summed E-state index contributed by atoms with van der Waals surface area (Å²) in [6.07, 6.45) is 2.00. The smallest absolute Gasteiger partial charge is 0.319 e. The summed E-state index contributed by atoms with van der Waals surface area (Å²) in [5, 5.41) is 5.36. The average Bonchev–Trinajstić information content (AvgIpc) is 2.65. The van der Waals surface area contributed by atoms with Crippen LogP contribution in [0.5, 0.6) is 11.5 Å². The second kappa shape index (κ2) is 9.30. The SMILES string of the molecule is C=C1NC(=O)N[C@H](c2cc(OC)ccc2OC)[C@H]1C(=O)OC[C@H](C)CCC. The van der Waals surface area contributed by atoms with Crippen LogP contribution in [0.3, 0.4) is 0 Å². The van der Waals surface area contributed by atoms with E-state index in [0.29, 0.717) is 29.4 Å². The average molecular weight is 376 g/mol. The molecule has 27 heavy (non-hydrogen) atoms. The van der Waals surface area contributed by atoms with Crippen LogP contribution in [0.2, 0.25) is 0 Å². The number of esters is 1. The number of carbonyl (C=O) groups is 2. The van der Waals surface area contributed by atoms with E-state index in [-0.39, 0.29) is 5.92 Å². The maximum atomic E-state index is 12.8. The first-order valence-corrected chi connectivity index (χ1v) is 9.06. The molecule has 2 amide bonds. The van der Waals surface area contributed by atoms with Crippen molar-refractivity contribution in [1.29, 1.82) is 0 Å². The van der Waals surface area contributed by atoms with Gasteiger partial charge in [0.1, 0.15) is 17.4 Å². The number of benzene rings is 1. The first-order valence-electron chi connectivity index (χ1n) is 9.06. The van der Waals surface area contributed by atoms with Gasteiger partial charge in [-0.15, -0.1) is 0 Å². The van der Waals surface area contributed by atoms with Gasteiger partial charge in [0.15, 0.2) is 0 Å². The Morgan fingerprint density at radius 1 is 1.30 bits per heavy atom. The van der Waals surface area contributed by atoms with Crippen LogP contribution in [0.25, 0.3) is 0 Å². The predicted octanol–water partition coefficient (Wildman–Crippen LogP) is 3.17. The lowest BCUT2D eigenvalue weighted by atomic mass is 9.88. The standard InChI is InChI=1S/C20H28N2O5/c1-6-7-12(2)11-27-19(23)17-13(3)21-20(24)22-18(17)15-10-14(25-4)8-9-16(15)26-5/h8-10,12,17-18H,3,6-7,11H2,1-2,4-5H3,(H2,21,22,24)/t12-,17+,18-/m1/s1. The van der Waals surface area contributed by atoms with Gasteiger partial charge in [-0.05, 0) is 30.5 Å². The van der Waals surface area contributed by atoms with E-state index in [1.165, 1.54) is 7.11 Å². The van der Waals surface area contributed by atoms with E-state index in [2.05, 4.69) is 24.1 Å². The molecule has 7 nitrogen and oxygen atoms in total. The van der Waals surface area contributed by atoms with Crippen molar-refractivity contribution in [2.24, 2.45) is 11.8 Å². The number of ether oxygens (including phenoxy) is 3. The van der Waals surface area contributed by atoms with Gasteiger partial charge in [-0.25, -0.2) is 4.79 Å². The first-order chi connectivity index (χ1) is 12.9. The van der Waals surface area contributed by atoms with E-state index in [4.69, 9.17) is 14.2 Å². The fourth-order valence-corrected chi connectivity index (χ4v) is 3.19. The lowest BCUT2D eigenvalue weighted by Crippen LogP contribution is -2.51. The number of urea groups is 1. The van der Waals surface area contributed by atoms with Gasteiger partial charge in [-0.2, -0.15) is 0 Å². The van der Waals surface area contributed by atoms with Gasteiger partial charge >= 0.3 is 12.0 Å². The fourth-order valence-electron chi connectivity index (χ4n) is 3.19. The van der Waals surface area contributed by atoms with Gasteiger partial charge in [-0.1, -0.05) is 26.8 Å². The number of methoxy groups -OCH3 is 2. The van der Waals surface area contributed by atoms with Crippen LogP contribution < -0.4 is 20.1 Å². The Morgan fingerprint density at radius 2 is 2.04 bits per heavy atom. The number of rotatable bonds is 8. The first kappa shape index (κ1) is 20.6. The third kappa shape index (κ3) is 4.93. The van der Waals surface area contributed by atoms with Crippen LogP contribution in [0.4, 0.5) is 4.79 Å². The summed E-state index contributed by atoms with van der Waals surface area (Å²) in [6, 6.07) is 4.11. The quantitative estimate of drug-likeness (QED) is 0.681. The molecule has 1 fully saturated rings. The molecule has 0 saturated carbocycles. The third-order valence-corrected chi connectivity index (χ3v) is 4.59. The molecule has 0 unspecified atom stereocenters. The van der Waals surface area contributed by atoms with Crippen LogP contribution in [-0.4, -0.2) is 32.8 Å². The van der Waals surface area contributed by atoms with E-state index >= 15 is 0 Å². The monoisotopic (exact) mass is 376 g/mol. The van der Waals surface area contributed by atoms with Crippen molar-refractivity contribution >= 4 is 12.0 Å². The zero-order chi connectivity index (χ0) is 20.0. The summed E-state index contributed by atoms with van der Waals surface area (Å²) in [6.45, 7) is 8.31. The van der Waals surface area contributed by atoms with Crippen LogP contribution >= 0.6 is 0 Å². The fraction of sp³-hybridized carbons (Fsp3) is 0.500. The van der Waals surface area contributed by atoms with E-state index in [1.54, 1.807) is 25.3 Å². The third-order valence-electron chi connectivity index (χ3n) is 4.59. The van der Waals surface area contributed by atoms with Crippen molar-refractivity contribution in [2.45, 2.75) is 32.7 Å². The Hall–Kier alpha value is -2.70. The highest BCUT2D eigenvalue weighted by molar-refractivity contribution is 5.85. The summed E-state index contributed by atoms with van der Waals surface area (Å²) >= 11 is 0. The Labute approximate surface area is 160 Å². The minimum atomic E-state index is -0.780. The topological polar surface area (TPSA) is 85.9 Å². The zero-order valence-electron chi connectivity index (χ0n) is 16.3. The molecule has 148 valence electrons. The van der Waals surface area contributed by atoms with Crippen LogP contribution in [-0.2, 0) is 9.53 Å². The minimum Gasteiger partial charge on any atom is -0.497 e. The Bertz CT molecular complexity index is 704. The van der Waals surface area contributed by atoms with Crippen LogP contribution in [0, 0.1) is 11.8 Å². The number of nitrogens with one attached hydrogen (secondary N) is 2. The van der Waals surface area contributed by atoms with Gasteiger partial charge in [0.2, 0.25) is 0 Å². The number of amides is 2. The highest BCUT2D eigenvalue weighted by Crippen LogP contribution is 2.37. The molecular weight excluding hydrogens is 348 g/mol. The van der Waals surface area contributed by atoms with Crippen molar-refractivity contribution in [3.8, 4) is 11.5 Å². The molecule has 0 radical (unpaired) electrons. The van der Waals surface area contributed by atoms with Gasteiger partial charge in [-0.3, -0.25) is 4.79 Å². The highest BCUT2D eigenvalue weighted by Gasteiger charge is 2.40. The van der Waals surface area contributed by atoms with Crippen molar-refractivity contribution in [2.75, 3.05) is 20.8 Å². The molecule has 2 N–H and O–H groups in total. The molecule has 7 heteroatoms. The van der Waals surface area contributed by atoms with Gasteiger partial charge in [0.25, 0.3) is 0 Å². The molecule has 3 atom stereocenters. The molecule has 1 aliphatic heterocycles. The van der Waals surface area contributed by atoms with E-state index in [0.717, 1.165) is 12.8 Å². The summed E-state index contributed by atoms with van der Waals surface area (Å²) < 4.78 is 16.2. The van der Waals surface area contributed by atoms with Crippen LogP contribution in [0.1, 0.15) is 38.3 Å². The molecular formula is C20H28N2O5. The van der Waals surface area contributed by atoms with Gasteiger partial charge in [0.05, 0.1) is 26.9 Å². The lowest BCUT2D eigenvalue weighted by molar-refractivity contribution is -0.149. The van der Waals surface area contributed by atoms with Crippen molar-refractivity contribution in [1.82, 2.24) is 10.6 Å². The largest absolute Gasteiger partial charge is 0.497 e. The maximum Gasteiger partial charge on any atom is 0.319 e. The van der Waals surface area contributed by atoms with Crippen molar-refractivity contribution in [3.05, 3.63) is 36.0 Å². The van der Waals surface area contributed by atoms with Crippen molar-refractivity contribution < 1.29 is 23.8 Å². The summed E-state index contributed by atoms with van der Waals surface area (Å²) in [5.41, 5.74) is 0.915. The molecule has 1 saturated heterocycles. The molecule has 1 aromatic rings. The van der Waals surface area contributed by atoms with Gasteiger partial charge in [0, 0.05) is 11.3 Å². The van der Waals surface area contributed by atoms with Crippen molar-refractivity contribution in [3.63, 3.8) is 0 Å². The van der Waals surface area contributed by atoms with Crippen LogP contribution in [0.15, 0.2) is 30.5 Å². The second-order valence-corrected chi connectivity index (χ2v) is 6.71. The normalized spacial score (nSPS) is 20.3. The van der Waals surface area contributed by atoms with E-state index < -0.39 is 24.0 Å². The number of hydrogen-bond acceptors (Lipinski definition) is 5. The highest BCUT2D eigenvalue weighted by atomic mass is 16.5. The lowest BCUT2D eigenvalue weighted by Gasteiger charge is -2.34. The Balaban J connectivity index is 2.32. The summed E-state index contributed by atoms with van der Waals surface area (Å²) in [4.78, 5) is 24.8. The van der Waals surface area contributed by atoms with E-state index in [1.807, 2.05) is 6.92 Å². The molecule has 0 bridgehead atoms. The number of hydrogen-bond donors (Lipinski definition) is 2.